The van der Waals surface area contributed by atoms with E-state index in [1.54, 1.807) is 6.07 Å². The van der Waals surface area contributed by atoms with Crippen LogP contribution in [0.1, 0.15) is 55.3 Å². The highest BCUT2D eigenvalue weighted by Crippen LogP contribution is 2.46. The first-order valence-electron chi connectivity index (χ1n) is 9.74. The Hall–Kier alpha value is 0.580. The van der Waals surface area contributed by atoms with Gasteiger partial charge in [-0.1, -0.05) is 19.3 Å². The Labute approximate surface area is 220 Å². The third-order valence-corrected chi connectivity index (χ3v) is 10.9. The van der Waals surface area contributed by atoms with Gasteiger partial charge in [-0.2, -0.15) is 13.2 Å². The Morgan fingerprint density at radius 2 is 1.77 bits per heavy atom. The third kappa shape index (κ3) is 6.38. The van der Waals surface area contributed by atoms with Gasteiger partial charge in [0.25, 0.3) is 0 Å². The van der Waals surface area contributed by atoms with Gasteiger partial charge in [-0.15, -0.1) is 0 Å². The van der Waals surface area contributed by atoms with Gasteiger partial charge >= 0.3 is 21.5 Å². The van der Waals surface area contributed by atoms with Crippen LogP contribution >= 0.6 is 67.8 Å². The summed E-state index contributed by atoms with van der Waals surface area (Å²) < 4.78 is 73.1. The molecule has 0 saturated heterocycles. The second-order valence-electron chi connectivity index (χ2n) is 8.27. The Morgan fingerprint density at radius 3 is 2.35 bits per heavy atom. The number of carbonyl (C=O) groups is 1. The van der Waals surface area contributed by atoms with E-state index in [0.29, 0.717) is 18.4 Å². The number of benzene rings is 1. The monoisotopic (exact) mass is 797 g/mol. The summed E-state index contributed by atoms with van der Waals surface area (Å²) in [5, 5.41) is 0. The normalized spacial score (nSPS) is 26.5. The molecule has 5 nitrogen and oxygen atoms in total. The van der Waals surface area contributed by atoms with Crippen LogP contribution in [0.4, 0.5) is 13.2 Å². The Balaban J connectivity index is 1.76. The van der Waals surface area contributed by atoms with Crippen molar-refractivity contribution in [2.45, 2.75) is 56.0 Å². The summed E-state index contributed by atoms with van der Waals surface area (Å²) in [6.07, 6.45) is 4.35. The smallest absolute Gasteiger partial charge is 0.462 e. The number of halogens is 6. The fourth-order valence-corrected chi connectivity index (χ4v) is 8.10. The number of sulfonamides is 1. The Kier molecular flexibility index (Phi) is 8.50. The first-order chi connectivity index (χ1) is 14.3. The zero-order valence-electron chi connectivity index (χ0n) is 16.3. The molecule has 2 unspecified atom stereocenters. The van der Waals surface area contributed by atoms with Gasteiger partial charge in [-0.05, 0) is 111 Å². The Morgan fingerprint density at radius 1 is 1.16 bits per heavy atom. The first-order valence-corrected chi connectivity index (χ1v) is 14.5. The molecule has 2 fully saturated rings. The minimum atomic E-state index is -5.50. The van der Waals surface area contributed by atoms with Crippen molar-refractivity contribution in [3.8, 4) is 0 Å². The molecule has 0 aliphatic heterocycles. The zero-order valence-corrected chi connectivity index (χ0v) is 23.6. The summed E-state index contributed by atoms with van der Waals surface area (Å²) in [5.41, 5.74) is -6.24. The van der Waals surface area contributed by atoms with Crippen LogP contribution < -0.4 is 4.72 Å². The molecule has 2 atom stereocenters. The number of nitrogens with one attached hydrogen (secondary N) is 1. The molecule has 2 aliphatic rings. The van der Waals surface area contributed by atoms with Gasteiger partial charge in [0.15, 0.2) is 0 Å². The molecule has 31 heavy (non-hydrogen) atoms. The lowest BCUT2D eigenvalue weighted by molar-refractivity contribution is -0.0471. The molecule has 12 heteroatoms. The molecular weight excluding hydrogens is 776 g/mol. The van der Waals surface area contributed by atoms with Crippen LogP contribution in [0.5, 0.6) is 0 Å². The lowest BCUT2D eigenvalue weighted by atomic mass is 9.64. The van der Waals surface area contributed by atoms with E-state index in [0.717, 1.165) is 36.4 Å². The van der Waals surface area contributed by atoms with Crippen molar-refractivity contribution in [3.63, 3.8) is 0 Å². The van der Waals surface area contributed by atoms with Crippen LogP contribution in [-0.4, -0.2) is 32.0 Å². The summed E-state index contributed by atoms with van der Waals surface area (Å²) in [6, 6.07) is 3.61. The molecule has 0 radical (unpaired) electrons. The number of hydrogen-bond acceptors (Lipinski definition) is 4. The van der Waals surface area contributed by atoms with Gasteiger partial charge in [0, 0.05) is 22.7 Å². The van der Waals surface area contributed by atoms with E-state index in [4.69, 9.17) is 4.74 Å². The van der Waals surface area contributed by atoms with E-state index in [1.165, 1.54) is 0 Å². The molecule has 2 aliphatic carbocycles. The molecule has 3 rings (SSSR count). The largest absolute Gasteiger partial charge is 0.511 e. The lowest BCUT2D eigenvalue weighted by Gasteiger charge is -2.47. The van der Waals surface area contributed by atoms with Crippen molar-refractivity contribution in [2.75, 3.05) is 6.61 Å². The van der Waals surface area contributed by atoms with Crippen molar-refractivity contribution in [1.29, 1.82) is 0 Å². The van der Waals surface area contributed by atoms with E-state index in [9.17, 15) is 26.4 Å². The quantitative estimate of drug-likeness (QED) is 0.224. The average molecular weight is 797 g/mol. The molecule has 1 N–H and O–H groups in total. The van der Waals surface area contributed by atoms with Gasteiger partial charge in [0.1, 0.15) is 0 Å². The van der Waals surface area contributed by atoms with Gasteiger partial charge < -0.3 is 4.74 Å². The number of esters is 1. The SMILES string of the molecule is O=C(OCCC1(NS(=O)(=O)C(F)(F)F)CC2CCCC(C2)C1)c1cc(I)cc(I)c1I. The number of hydrogen-bond donors (Lipinski definition) is 1. The van der Waals surface area contributed by atoms with Gasteiger partial charge in [0.05, 0.1) is 12.2 Å². The third-order valence-electron chi connectivity index (χ3n) is 5.93. The number of ether oxygens (including phenoxy) is 1. The van der Waals surface area contributed by atoms with Gasteiger partial charge in [-0.25, -0.2) is 17.9 Å². The minimum absolute atomic E-state index is 0.0125. The molecule has 1 aromatic rings. The summed E-state index contributed by atoms with van der Waals surface area (Å²) >= 11 is 6.26. The van der Waals surface area contributed by atoms with Crippen LogP contribution in [-0.2, 0) is 14.8 Å². The topological polar surface area (TPSA) is 72.5 Å². The lowest BCUT2D eigenvalue weighted by Crippen LogP contribution is -2.57. The molecule has 2 saturated carbocycles. The maximum atomic E-state index is 13.1. The maximum absolute atomic E-state index is 13.1. The second kappa shape index (κ2) is 10.1. The summed E-state index contributed by atoms with van der Waals surface area (Å²) in [7, 11) is -5.50. The minimum Gasteiger partial charge on any atom is -0.462 e. The molecule has 2 bridgehead atoms. The van der Waals surface area contributed by atoms with Crippen LogP contribution in [0.2, 0.25) is 0 Å². The van der Waals surface area contributed by atoms with Crippen LogP contribution in [0.3, 0.4) is 0 Å². The maximum Gasteiger partial charge on any atom is 0.511 e. The van der Waals surface area contributed by atoms with Gasteiger partial charge in [-0.3, -0.25) is 0 Å². The second-order valence-corrected chi connectivity index (χ2v) is 13.4. The average Bonchev–Trinajstić information content (AvgIpc) is 2.62. The fraction of sp³-hybridized carbons (Fsp3) is 0.632. The van der Waals surface area contributed by atoms with Crippen LogP contribution in [0, 0.1) is 22.5 Å². The number of rotatable bonds is 6. The molecular formula is C19H21F3I3NO4S. The van der Waals surface area contributed by atoms with E-state index >= 15 is 0 Å². The number of alkyl halides is 3. The molecule has 0 spiro atoms. The van der Waals surface area contributed by atoms with E-state index in [1.807, 2.05) is 10.8 Å². The Bertz CT molecular complexity index is 943. The highest BCUT2D eigenvalue weighted by Gasteiger charge is 2.52. The summed E-state index contributed by atoms with van der Waals surface area (Å²) in [4.78, 5) is 12.6. The predicted molar refractivity (Wildman–Crippen MR) is 135 cm³/mol. The zero-order chi connectivity index (χ0) is 23.0. The van der Waals surface area contributed by atoms with Crippen molar-refractivity contribution < 1.29 is 31.1 Å². The van der Waals surface area contributed by atoms with Crippen LogP contribution in [0.15, 0.2) is 12.1 Å². The standard InChI is InChI=1S/C19H21F3I3NO4S/c20-19(21,22)31(28,29)26-18(9-11-2-1-3-12(6-11)10-18)4-5-30-17(27)14-7-13(23)8-15(24)16(14)25/h7-8,11-12,26H,1-6,9-10H2. The molecule has 0 amide bonds. The first kappa shape index (κ1) is 26.2. The number of fused-ring (bicyclic) bond motifs is 2. The van der Waals surface area contributed by atoms with Crippen LogP contribution in [0.25, 0.3) is 0 Å². The molecule has 0 aromatic heterocycles. The molecule has 0 heterocycles. The van der Waals surface area contributed by atoms with Gasteiger partial charge in [0.2, 0.25) is 0 Å². The fourth-order valence-electron chi connectivity index (χ4n) is 4.76. The summed E-state index contributed by atoms with van der Waals surface area (Å²) in [5.74, 6) is -0.208. The number of carbonyl (C=O) groups excluding carboxylic acids is 1. The van der Waals surface area contributed by atoms with E-state index in [2.05, 4.69) is 67.8 Å². The van der Waals surface area contributed by atoms with E-state index < -0.39 is 27.0 Å². The van der Waals surface area contributed by atoms with E-state index in [-0.39, 0.29) is 24.9 Å². The van der Waals surface area contributed by atoms with Crippen molar-refractivity contribution in [1.82, 2.24) is 4.72 Å². The molecule has 174 valence electrons. The molecule has 1 aromatic carbocycles. The highest BCUT2D eigenvalue weighted by atomic mass is 127. The highest BCUT2D eigenvalue weighted by molar-refractivity contribution is 14.1. The van der Waals surface area contributed by atoms with Crippen molar-refractivity contribution in [2.24, 2.45) is 11.8 Å². The van der Waals surface area contributed by atoms with Crippen molar-refractivity contribution >= 4 is 83.8 Å². The summed E-state index contributed by atoms with van der Waals surface area (Å²) in [6.45, 7) is -0.156. The van der Waals surface area contributed by atoms with Crippen molar-refractivity contribution in [3.05, 3.63) is 28.4 Å². The predicted octanol–water partition coefficient (Wildman–Crippen LogP) is 5.83.